The first-order valence-electron chi connectivity index (χ1n) is 7.01. The van der Waals surface area contributed by atoms with Crippen molar-refractivity contribution in [1.82, 2.24) is 15.1 Å². The first kappa shape index (κ1) is 14.7. The molecule has 1 unspecified atom stereocenters. The van der Waals surface area contributed by atoms with Crippen molar-refractivity contribution in [2.75, 3.05) is 44.2 Å². The molecular weight excluding hydrogens is 262 g/mol. The number of rotatable bonds is 2. The van der Waals surface area contributed by atoms with Gasteiger partial charge in [-0.3, -0.25) is 9.59 Å². The van der Waals surface area contributed by atoms with Crippen molar-refractivity contribution in [3.63, 3.8) is 0 Å². The van der Waals surface area contributed by atoms with Crippen molar-refractivity contribution < 1.29 is 9.59 Å². The fraction of sp³-hybridized carbons (Fsp3) is 0.846. The van der Waals surface area contributed by atoms with Crippen LogP contribution in [-0.2, 0) is 9.59 Å². The van der Waals surface area contributed by atoms with Gasteiger partial charge in [-0.05, 0) is 6.42 Å². The quantitative estimate of drug-likeness (QED) is 0.785. The second kappa shape index (κ2) is 7.14. The van der Waals surface area contributed by atoms with Gasteiger partial charge >= 0.3 is 0 Å². The molecule has 2 saturated heterocycles. The van der Waals surface area contributed by atoms with E-state index in [-0.39, 0.29) is 11.8 Å². The number of carbonyl (C=O) groups is 2. The van der Waals surface area contributed by atoms with Gasteiger partial charge in [-0.15, -0.1) is 0 Å². The number of nitrogens with zero attached hydrogens (tertiary/aromatic N) is 2. The Balaban J connectivity index is 1.80. The van der Waals surface area contributed by atoms with Crippen LogP contribution in [0.3, 0.4) is 0 Å². The van der Waals surface area contributed by atoms with Crippen molar-refractivity contribution in [3.8, 4) is 0 Å². The third-order valence-corrected chi connectivity index (χ3v) is 4.84. The van der Waals surface area contributed by atoms with Gasteiger partial charge in [-0.25, -0.2) is 0 Å². The fourth-order valence-corrected chi connectivity index (χ4v) is 3.52. The molecule has 0 aromatic carbocycles. The van der Waals surface area contributed by atoms with Gasteiger partial charge in [0.15, 0.2) is 0 Å². The molecule has 2 fully saturated rings. The highest BCUT2D eigenvalue weighted by Crippen LogP contribution is 2.12. The standard InChI is InChI=1S/C13H23N3O2S/c1-11(17)15-4-2-5-16(7-6-15)13(18)9-12-10-19-8-3-14-12/h12,14H,2-10H2,1H3. The van der Waals surface area contributed by atoms with Crippen molar-refractivity contribution in [2.45, 2.75) is 25.8 Å². The SMILES string of the molecule is CC(=O)N1CCCN(C(=O)CC2CSCCN2)CC1. The van der Waals surface area contributed by atoms with Crippen LogP contribution in [0.4, 0.5) is 0 Å². The summed E-state index contributed by atoms with van der Waals surface area (Å²) < 4.78 is 0. The molecular formula is C13H23N3O2S. The molecule has 0 saturated carbocycles. The van der Waals surface area contributed by atoms with Gasteiger partial charge < -0.3 is 15.1 Å². The van der Waals surface area contributed by atoms with E-state index in [0.29, 0.717) is 25.6 Å². The summed E-state index contributed by atoms with van der Waals surface area (Å²) in [6, 6.07) is 0.318. The topological polar surface area (TPSA) is 52.7 Å². The van der Waals surface area contributed by atoms with E-state index in [2.05, 4.69) is 5.32 Å². The summed E-state index contributed by atoms with van der Waals surface area (Å²) in [5.74, 6) is 2.51. The molecule has 0 radical (unpaired) electrons. The minimum Gasteiger partial charge on any atom is -0.341 e. The predicted molar refractivity (Wildman–Crippen MR) is 77.2 cm³/mol. The molecule has 2 aliphatic rings. The Morgan fingerprint density at radius 1 is 1.21 bits per heavy atom. The summed E-state index contributed by atoms with van der Waals surface area (Å²) in [5.41, 5.74) is 0. The molecule has 0 bridgehead atoms. The highest BCUT2D eigenvalue weighted by molar-refractivity contribution is 7.99. The molecule has 6 heteroatoms. The Bertz CT molecular complexity index is 332. The van der Waals surface area contributed by atoms with E-state index in [1.165, 1.54) is 0 Å². The summed E-state index contributed by atoms with van der Waals surface area (Å²) in [7, 11) is 0. The molecule has 2 rings (SSSR count). The zero-order chi connectivity index (χ0) is 13.7. The normalized spacial score (nSPS) is 25.0. The number of thioether (sulfide) groups is 1. The number of amides is 2. The van der Waals surface area contributed by atoms with Gasteiger partial charge in [0.1, 0.15) is 0 Å². The summed E-state index contributed by atoms with van der Waals surface area (Å²) in [6.45, 7) is 5.51. The van der Waals surface area contributed by atoms with Gasteiger partial charge in [-0.2, -0.15) is 11.8 Å². The lowest BCUT2D eigenvalue weighted by Crippen LogP contribution is -2.43. The zero-order valence-corrected chi connectivity index (χ0v) is 12.4. The van der Waals surface area contributed by atoms with E-state index in [4.69, 9.17) is 0 Å². The average molecular weight is 285 g/mol. The van der Waals surface area contributed by atoms with Crippen LogP contribution in [0.15, 0.2) is 0 Å². The molecule has 5 nitrogen and oxygen atoms in total. The molecule has 108 valence electrons. The number of hydrogen-bond donors (Lipinski definition) is 1. The maximum absolute atomic E-state index is 12.3. The summed E-state index contributed by atoms with van der Waals surface area (Å²) in [4.78, 5) is 27.4. The van der Waals surface area contributed by atoms with Crippen LogP contribution in [0.25, 0.3) is 0 Å². The van der Waals surface area contributed by atoms with Crippen LogP contribution in [0, 0.1) is 0 Å². The van der Waals surface area contributed by atoms with Gasteiger partial charge in [0.2, 0.25) is 11.8 Å². The van der Waals surface area contributed by atoms with Gasteiger partial charge in [0.25, 0.3) is 0 Å². The lowest BCUT2D eigenvalue weighted by molar-refractivity contribution is -0.132. The number of carbonyl (C=O) groups excluding carboxylic acids is 2. The fourth-order valence-electron chi connectivity index (χ4n) is 2.57. The van der Waals surface area contributed by atoms with Gasteiger partial charge in [-0.1, -0.05) is 0 Å². The van der Waals surface area contributed by atoms with E-state index in [1.54, 1.807) is 6.92 Å². The smallest absolute Gasteiger partial charge is 0.224 e. The first-order valence-corrected chi connectivity index (χ1v) is 8.16. The van der Waals surface area contributed by atoms with Gasteiger partial charge in [0.05, 0.1) is 0 Å². The second-order valence-corrected chi connectivity index (χ2v) is 6.32. The lowest BCUT2D eigenvalue weighted by Gasteiger charge is -2.26. The molecule has 2 aliphatic heterocycles. The largest absolute Gasteiger partial charge is 0.341 e. The summed E-state index contributed by atoms with van der Waals surface area (Å²) >= 11 is 1.91. The van der Waals surface area contributed by atoms with E-state index in [1.807, 2.05) is 21.6 Å². The number of hydrogen-bond acceptors (Lipinski definition) is 4. The van der Waals surface area contributed by atoms with Crippen molar-refractivity contribution in [3.05, 3.63) is 0 Å². The minimum atomic E-state index is 0.111. The molecule has 0 aromatic heterocycles. The van der Waals surface area contributed by atoms with Crippen LogP contribution in [0.2, 0.25) is 0 Å². The third kappa shape index (κ3) is 4.38. The average Bonchev–Trinajstić information content (AvgIpc) is 2.65. The Morgan fingerprint density at radius 3 is 2.63 bits per heavy atom. The molecule has 0 aliphatic carbocycles. The lowest BCUT2D eigenvalue weighted by atomic mass is 10.2. The Labute approximate surface area is 119 Å². The molecule has 1 atom stereocenters. The van der Waals surface area contributed by atoms with E-state index in [0.717, 1.165) is 37.6 Å². The predicted octanol–water partition coefficient (Wildman–Crippen LogP) is 0.162. The zero-order valence-electron chi connectivity index (χ0n) is 11.6. The monoisotopic (exact) mass is 285 g/mol. The number of nitrogens with one attached hydrogen (secondary N) is 1. The molecule has 0 spiro atoms. The Kier molecular flexibility index (Phi) is 5.51. The molecule has 0 aromatic rings. The summed E-state index contributed by atoms with van der Waals surface area (Å²) in [5, 5.41) is 3.40. The Hall–Kier alpha value is -0.750. The van der Waals surface area contributed by atoms with Gasteiger partial charge in [0, 0.05) is 63.6 Å². The maximum atomic E-state index is 12.3. The van der Waals surface area contributed by atoms with E-state index < -0.39 is 0 Å². The minimum absolute atomic E-state index is 0.111. The van der Waals surface area contributed by atoms with Crippen molar-refractivity contribution in [1.29, 1.82) is 0 Å². The molecule has 2 heterocycles. The molecule has 2 amide bonds. The van der Waals surface area contributed by atoms with Crippen LogP contribution in [-0.4, -0.2) is 71.9 Å². The summed E-state index contributed by atoms with van der Waals surface area (Å²) in [6.07, 6.45) is 1.48. The van der Waals surface area contributed by atoms with Crippen LogP contribution in [0.1, 0.15) is 19.8 Å². The highest BCUT2D eigenvalue weighted by atomic mass is 32.2. The van der Waals surface area contributed by atoms with E-state index >= 15 is 0 Å². The maximum Gasteiger partial charge on any atom is 0.224 e. The third-order valence-electron chi connectivity index (χ3n) is 3.71. The van der Waals surface area contributed by atoms with Crippen LogP contribution in [0.5, 0.6) is 0 Å². The highest BCUT2D eigenvalue weighted by Gasteiger charge is 2.23. The van der Waals surface area contributed by atoms with Crippen molar-refractivity contribution in [2.24, 2.45) is 0 Å². The molecule has 1 N–H and O–H groups in total. The molecule has 19 heavy (non-hydrogen) atoms. The van der Waals surface area contributed by atoms with Crippen LogP contribution < -0.4 is 5.32 Å². The second-order valence-electron chi connectivity index (χ2n) is 5.17. The Morgan fingerprint density at radius 2 is 1.95 bits per heavy atom. The van der Waals surface area contributed by atoms with Crippen molar-refractivity contribution >= 4 is 23.6 Å². The first-order chi connectivity index (χ1) is 9.16. The van der Waals surface area contributed by atoms with E-state index in [9.17, 15) is 9.59 Å². The van der Waals surface area contributed by atoms with Crippen LogP contribution >= 0.6 is 11.8 Å².